The van der Waals surface area contributed by atoms with E-state index in [4.69, 9.17) is 4.57 Å². The standard InChI is InChI=1S/Al.OP.Ti.3H/c;1-2;;;;. The van der Waals surface area contributed by atoms with Gasteiger partial charge in [0.1, 0.15) is 0 Å². The Kier molecular flexibility index (Phi) is 123. The summed E-state index contributed by atoms with van der Waals surface area (Å²) in [5.41, 5.74) is 0. The normalized spacial score (nSPS) is 1.00. The van der Waals surface area contributed by atoms with Gasteiger partial charge in [0.15, 0.2) is 17.4 Å². The van der Waals surface area contributed by atoms with Gasteiger partial charge in [0, 0.05) is 21.7 Å². The first-order valence-corrected chi connectivity index (χ1v) is 0.548. The van der Waals surface area contributed by atoms with Gasteiger partial charge in [0.25, 0.3) is 9.12 Å². The minimum atomic E-state index is 0. The molecule has 1 nitrogen and oxygen atoms in total. The van der Waals surface area contributed by atoms with E-state index in [1.807, 2.05) is 0 Å². The molecule has 21 valence electrons. The Morgan fingerprint density at radius 3 is 1.25 bits per heavy atom. The molecule has 4 heavy (non-hydrogen) atoms. The molecule has 0 aliphatic carbocycles. The molecular formula is H3AlOPTi. The molecule has 0 amide bonds. The summed E-state index contributed by atoms with van der Waals surface area (Å²) in [6.45, 7) is 0. The molecular weight excluding hydrogens is 122 g/mol. The third kappa shape index (κ3) is 10.2. The van der Waals surface area contributed by atoms with E-state index < -0.39 is 0 Å². The molecule has 0 fully saturated rings. The minimum absolute atomic E-state index is 0. The van der Waals surface area contributed by atoms with E-state index in [1.165, 1.54) is 0 Å². The number of hydrogen-bond donors (Lipinski definition) is 0. The Morgan fingerprint density at radius 2 is 1.25 bits per heavy atom. The number of hydrogen-bond acceptors (Lipinski definition) is 1. The van der Waals surface area contributed by atoms with Crippen LogP contribution in [0.15, 0.2) is 0 Å². The molecule has 0 saturated carbocycles. The van der Waals surface area contributed by atoms with E-state index in [9.17, 15) is 0 Å². The Balaban J connectivity index is -0.00000000500. The predicted molar refractivity (Wildman–Crippen MR) is 17.5 cm³/mol. The van der Waals surface area contributed by atoms with Crippen LogP contribution in [0.25, 0.3) is 0 Å². The summed E-state index contributed by atoms with van der Waals surface area (Å²) in [7, 11) is 2.28. The summed E-state index contributed by atoms with van der Waals surface area (Å²) in [5, 5.41) is 0. The summed E-state index contributed by atoms with van der Waals surface area (Å²) in [6.07, 6.45) is 0. The zero-order chi connectivity index (χ0) is 2.00. The molecule has 0 bridgehead atoms. The second-order valence-corrected chi connectivity index (χ2v) is 0. The second kappa shape index (κ2) is 26.8. The van der Waals surface area contributed by atoms with E-state index in [2.05, 4.69) is 9.12 Å². The SMILES string of the molecule is O=[P].[AlH3].[Ti]. The maximum atomic E-state index is 7.94. The van der Waals surface area contributed by atoms with Crippen LogP contribution in [0.1, 0.15) is 0 Å². The van der Waals surface area contributed by atoms with Gasteiger partial charge in [-0.05, 0) is 0 Å². The van der Waals surface area contributed by atoms with Crippen molar-refractivity contribution >= 4 is 26.5 Å². The third-order valence-corrected chi connectivity index (χ3v) is 0. The van der Waals surface area contributed by atoms with E-state index in [0.717, 1.165) is 0 Å². The van der Waals surface area contributed by atoms with Crippen molar-refractivity contribution in [3.8, 4) is 0 Å². The van der Waals surface area contributed by atoms with E-state index >= 15 is 0 Å². The molecule has 0 atom stereocenters. The van der Waals surface area contributed by atoms with Crippen molar-refractivity contribution in [2.75, 3.05) is 0 Å². The minimum Gasteiger partial charge on any atom is -0.261 e. The summed E-state index contributed by atoms with van der Waals surface area (Å²) >= 11 is 0. The smallest absolute Gasteiger partial charge is 0.261 e. The number of rotatable bonds is 0. The topological polar surface area (TPSA) is 17.1 Å². The van der Waals surface area contributed by atoms with Crippen LogP contribution in [0.3, 0.4) is 0 Å². The van der Waals surface area contributed by atoms with Crippen molar-refractivity contribution in [2.24, 2.45) is 0 Å². The maximum Gasteiger partial charge on any atom is 0.261 e. The van der Waals surface area contributed by atoms with Gasteiger partial charge in [-0.15, -0.1) is 0 Å². The van der Waals surface area contributed by atoms with Gasteiger partial charge < -0.3 is 0 Å². The van der Waals surface area contributed by atoms with Gasteiger partial charge in [-0.3, -0.25) is 4.57 Å². The van der Waals surface area contributed by atoms with Crippen molar-refractivity contribution in [3.05, 3.63) is 0 Å². The maximum absolute atomic E-state index is 7.94. The van der Waals surface area contributed by atoms with Crippen molar-refractivity contribution in [1.82, 2.24) is 0 Å². The predicted octanol–water partition coefficient (Wildman–Crippen LogP) is -0.444. The zero-order valence-electron chi connectivity index (χ0n) is 1.36. The van der Waals surface area contributed by atoms with Crippen molar-refractivity contribution in [2.45, 2.75) is 0 Å². The molecule has 0 aromatic heterocycles. The van der Waals surface area contributed by atoms with Crippen LogP contribution in [0.2, 0.25) is 0 Å². The van der Waals surface area contributed by atoms with Gasteiger partial charge in [-0.1, -0.05) is 0 Å². The quantitative estimate of drug-likeness (QED) is 0.316. The molecule has 0 aromatic carbocycles. The fourth-order valence-corrected chi connectivity index (χ4v) is 0. The van der Waals surface area contributed by atoms with E-state index in [-0.39, 0.29) is 39.1 Å². The van der Waals surface area contributed by atoms with Gasteiger partial charge in [0.05, 0.1) is 0 Å². The van der Waals surface area contributed by atoms with Gasteiger partial charge in [-0.25, -0.2) is 0 Å². The zero-order valence-corrected chi connectivity index (χ0v) is 3.81. The molecule has 4 heteroatoms. The van der Waals surface area contributed by atoms with Crippen molar-refractivity contribution in [3.63, 3.8) is 0 Å². The third-order valence-electron chi connectivity index (χ3n) is 0. The molecule has 0 aliphatic heterocycles. The Hall–Kier alpha value is 1.35. The van der Waals surface area contributed by atoms with Crippen LogP contribution in [0, 0.1) is 0 Å². The summed E-state index contributed by atoms with van der Waals surface area (Å²) in [4.78, 5) is 0. The molecule has 0 rings (SSSR count). The molecule has 0 spiro atoms. The fraction of sp³-hybridized carbons (Fsp3) is 0. The Labute approximate surface area is 52.8 Å². The van der Waals surface area contributed by atoms with E-state index in [1.54, 1.807) is 0 Å². The average Bonchev–Trinajstić information content (AvgIpc) is 1.00. The summed E-state index contributed by atoms with van der Waals surface area (Å²) < 4.78 is 7.94. The molecule has 0 aromatic rings. The second-order valence-electron chi connectivity index (χ2n) is 0. The molecule has 0 heterocycles. The molecule has 0 unspecified atom stereocenters. The molecule has 0 saturated heterocycles. The van der Waals surface area contributed by atoms with Crippen LogP contribution in [0.5, 0.6) is 0 Å². The first-order valence-electron chi connectivity index (χ1n) is 0.183. The van der Waals surface area contributed by atoms with Gasteiger partial charge in [-0.2, -0.15) is 0 Å². The molecule has 0 N–H and O–H groups in total. The fourth-order valence-electron chi connectivity index (χ4n) is 0. The summed E-state index contributed by atoms with van der Waals surface area (Å²) in [6, 6.07) is 0. The van der Waals surface area contributed by atoms with Gasteiger partial charge in [0.2, 0.25) is 0 Å². The molecule has 1 radical (unpaired) electrons. The van der Waals surface area contributed by atoms with Crippen LogP contribution >= 0.6 is 9.12 Å². The van der Waals surface area contributed by atoms with E-state index in [0.29, 0.717) is 0 Å². The first-order chi connectivity index (χ1) is 1.00. The Bertz CT molecular complexity index is 8.00. The molecule has 0 aliphatic rings. The van der Waals surface area contributed by atoms with Crippen LogP contribution < -0.4 is 0 Å². The van der Waals surface area contributed by atoms with Crippen molar-refractivity contribution < 1.29 is 26.3 Å². The first kappa shape index (κ1) is 18.3. The summed E-state index contributed by atoms with van der Waals surface area (Å²) in [5.74, 6) is 0. The largest absolute Gasteiger partial charge is 0.261 e. The van der Waals surface area contributed by atoms with Crippen LogP contribution in [0.4, 0.5) is 0 Å². The van der Waals surface area contributed by atoms with Crippen LogP contribution in [-0.4, -0.2) is 17.4 Å². The monoisotopic (exact) mass is 125 g/mol. The van der Waals surface area contributed by atoms with Gasteiger partial charge >= 0.3 is 0 Å². The average molecular weight is 125 g/mol. The van der Waals surface area contributed by atoms with Crippen molar-refractivity contribution in [1.29, 1.82) is 0 Å². The van der Waals surface area contributed by atoms with Crippen LogP contribution in [-0.2, 0) is 26.3 Å². The Morgan fingerprint density at radius 1 is 1.25 bits per heavy atom.